The van der Waals surface area contributed by atoms with Crippen molar-refractivity contribution in [2.75, 3.05) is 0 Å². The zero-order valence-electron chi connectivity index (χ0n) is 10.1. The maximum atomic E-state index is 12.1. The molecule has 2 aromatic heterocycles. The van der Waals surface area contributed by atoms with Crippen LogP contribution in [0.3, 0.4) is 0 Å². The third-order valence-electron chi connectivity index (χ3n) is 2.51. The topological polar surface area (TPSA) is 60.7 Å². The maximum absolute atomic E-state index is 12.1. The molecule has 0 aliphatic carbocycles. The van der Waals surface area contributed by atoms with Gasteiger partial charge in [-0.15, -0.1) is 0 Å². The van der Waals surface area contributed by atoms with Gasteiger partial charge in [-0.2, -0.15) is 15.3 Å². The molecule has 0 fully saturated rings. The lowest BCUT2D eigenvalue weighted by atomic mass is 10.1. The summed E-state index contributed by atoms with van der Waals surface area (Å²) in [5.74, 6) is 0.0270. The summed E-state index contributed by atoms with van der Waals surface area (Å²) in [4.78, 5) is 12.1. The molecule has 5 nitrogen and oxygen atoms in total. The highest BCUT2D eigenvalue weighted by atomic mass is 16.1. The van der Waals surface area contributed by atoms with Crippen molar-refractivity contribution in [2.24, 2.45) is 7.05 Å². The fraction of sp³-hybridized carbons (Fsp3) is 0.333. The van der Waals surface area contributed by atoms with Crippen molar-refractivity contribution < 1.29 is 4.79 Å². The fourth-order valence-corrected chi connectivity index (χ4v) is 1.65. The van der Waals surface area contributed by atoms with Crippen LogP contribution in [0.15, 0.2) is 18.3 Å². The van der Waals surface area contributed by atoms with Gasteiger partial charge in [-0.3, -0.25) is 9.48 Å². The first-order chi connectivity index (χ1) is 8.06. The molecule has 2 rings (SSSR count). The Hall–Kier alpha value is -2.04. The molecule has 0 saturated heterocycles. The zero-order valence-corrected chi connectivity index (χ0v) is 10.1. The van der Waals surface area contributed by atoms with Gasteiger partial charge in [-0.1, -0.05) is 0 Å². The SMILES string of the molecule is Cc1cc(C(=O)Cc2ccn(C)n2)c(C)nn1. The molecule has 5 heteroatoms. The van der Waals surface area contributed by atoms with Crippen LogP contribution in [0.25, 0.3) is 0 Å². The highest BCUT2D eigenvalue weighted by Crippen LogP contribution is 2.09. The molecule has 0 aliphatic rings. The van der Waals surface area contributed by atoms with Gasteiger partial charge >= 0.3 is 0 Å². The Morgan fingerprint density at radius 2 is 2.12 bits per heavy atom. The van der Waals surface area contributed by atoms with Crippen LogP contribution >= 0.6 is 0 Å². The molecular weight excluding hydrogens is 216 g/mol. The smallest absolute Gasteiger partial charge is 0.170 e. The summed E-state index contributed by atoms with van der Waals surface area (Å²) in [7, 11) is 1.83. The first-order valence-corrected chi connectivity index (χ1v) is 5.39. The van der Waals surface area contributed by atoms with Crippen LogP contribution in [0.1, 0.15) is 27.4 Å². The van der Waals surface area contributed by atoms with Crippen LogP contribution in [0.2, 0.25) is 0 Å². The Kier molecular flexibility index (Phi) is 2.99. The average Bonchev–Trinajstić information content (AvgIpc) is 2.67. The van der Waals surface area contributed by atoms with Crippen molar-refractivity contribution in [2.45, 2.75) is 20.3 Å². The first-order valence-electron chi connectivity index (χ1n) is 5.39. The van der Waals surface area contributed by atoms with Crippen molar-refractivity contribution >= 4 is 5.78 Å². The summed E-state index contributed by atoms with van der Waals surface area (Å²) in [6, 6.07) is 3.61. The molecule has 0 N–H and O–H groups in total. The molecule has 0 unspecified atom stereocenters. The van der Waals surface area contributed by atoms with E-state index in [0.717, 1.165) is 11.4 Å². The molecule has 0 atom stereocenters. The van der Waals surface area contributed by atoms with Crippen molar-refractivity contribution in [3.8, 4) is 0 Å². The second-order valence-corrected chi connectivity index (χ2v) is 4.07. The first kappa shape index (κ1) is 11.4. The minimum absolute atomic E-state index is 0.0270. The van der Waals surface area contributed by atoms with Gasteiger partial charge in [-0.25, -0.2) is 0 Å². The van der Waals surface area contributed by atoms with E-state index in [4.69, 9.17) is 0 Å². The number of nitrogens with zero attached hydrogens (tertiary/aromatic N) is 4. The predicted molar refractivity (Wildman–Crippen MR) is 62.7 cm³/mol. The van der Waals surface area contributed by atoms with Crippen LogP contribution in [0, 0.1) is 13.8 Å². The minimum Gasteiger partial charge on any atom is -0.294 e. The number of carbonyl (C=O) groups excluding carboxylic acids is 1. The van der Waals surface area contributed by atoms with E-state index in [9.17, 15) is 4.79 Å². The van der Waals surface area contributed by atoms with Crippen molar-refractivity contribution in [1.82, 2.24) is 20.0 Å². The number of carbonyl (C=O) groups is 1. The summed E-state index contributed by atoms with van der Waals surface area (Å²) < 4.78 is 1.69. The number of ketones is 1. The zero-order chi connectivity index (χ0) is 12.4. The van der Waals surface area contributed by atoms with E-state index in [1.165, 1.54) is 0 Å². The molecule has 0 spiro atoms. The summed E-state index contributed by atoms with van der Waals surface area (Å²) in [5.41, 5.74) is 2.81. The maximum Gasteiger partial charge on any atom is 0.170 e. The van der Waals surface area contributed by atoms with E-state index >= 15 is 0 Å². The molecular formula is C12H14N4O. The summed E-state index contributed by atoms with van der Waals surface area (Å²) in [6.45, 7) is 3.61. The summed E-state index contributed by atoms with van der Waals surface area (Å²) in [6.07, 6.45) is 2.12. The Morgan fingerprint density at radius 1 is 1.35 bits per heavy atom. The lowest BCUT2D eigenvalue weighted by molar-refractivity contribution is 0.0990. The molecule has 0 saturated carbocycles. The van der Waals surface area contributed by atoms with Crippen molar-refractivity contribution in [1.29, 1.82) is 0 Å². The average molecular weight is 230 g/mol. The van der Waals surface area contributed by atoms with Crippen molar-refractivity contribution in [3.05, 3.63) is 41.0 Å². The molecule has 0 aromatic carbocycles. The Morgan fingerprint density at radius 3 is 2.76 bits per heavy atom. The van der Waals surface area contributed by atoms with Gasteiger partial charge in [0.15, 0.2) is 5.78 Å². The number of aryl methyl sites for hydroxylation is 3. The van der Waals surface area contributed by atoms with Gasteiger partial charge in [-0.05, 0) is 26.0 Å². The molecule has 2 heterocycles. The second-order valence-electron chi connectivity index (χ2n) is 4.07. The van der Waals surface area contributed by atoms with E-state index in [1.807, 2.05) is 26.2 Å². The largest absolute Gasteiger partial charge is 0.294 e. The van der Waals surface area contributed by atoms with Gasteiger partial charge in [0, 0.05) is 18.8 Å². The van der Waals surface area contributed by atoms with E-state index in [1.54, 1.807) is 17.7 Å². The standard InChI is InChI=1S/C12H14N4O/c1-8-6-11(9(2)14-13-8)12(17)7-10-4-5-16(3)15-10/h4-6H,7H2,1-3H3. The van der Waals surface area contributed by atoms with Crippen LogP contribution < -0.4 is 0 Å². The van der Waals surface area contributed by atoms with E-state index in [-0.39, 0.29) is 5.78 Å². The molecule has 17 heavy (non-hydrogen) atoms. The molecule has 88 valence electrons. The number of rotatable bonds is 3. The second kappa shape index (κ2) is 4.45. The predicted octanol–water partition coefficient (Wildman–Crippen LogP) is 1.25. The van der Waals surface area contributed by atoms with Crippen LogP contribution in [0.4, 0.5) is 0 Å². The van der Waals surface area contributed by atoms with Crippen LogP contribution in [-0.2, 0) is 13.5 Å². The monoisotopic (exact) mass is 230 g/mol. The van der Waals surface area contributed by atoms with Crippen LogP contribution in [0.5, 0.6) is 0 Å². The van der Waals surface area contributed by atoms with E-state index in [2.05, 4.69) is 15.3 Å². The van der Waals surface area contributed by atoms with Gasteiger partial charge in [0.05, 0.1) is 23.5 Å². The Balaban J connectivity index is 2.22. The highest BCUT2D eigenvalue weighted by Gasteiger charge is 2.13. The van der Waals surface area contributed by atoms with Gasteiger partial charge in [0.25, 0.3) is 0 Å². The van der Waals surface area contributed by atoms with Crippen LogP contribution in [-0.4, -0.2) is 25.8 Å². The number of aromatic nitrogens is 4. The molecule has 0 bridgehead atoms. The molecule has 2 aromatic rings. The third-order valence-corrected chi connectivity index (χ3v) is 2.51. The number of hydrogen-bond acceptors (Lipinski definition) is 4. The summed E-state index contributed by atoms with van der Waals surface area (Å²) in [5, 5.41) is 12.0. The van der Waals surface area contributed by atoms with Gasteiger partial charge in [0.1, 0.15) is 0 Å². The summed E-state index contributed by atoms with van der Waals surface area (Å²) >= 11 is 0. The highest BCUT2D eigenvalue weighted by molar-refractivity contribution is 5.98. The molecule has 0 aliphatic heterocycles. The fourth-order valence-electron chi connectivity index (χ4n) is 1.65. The quantitative estimate of drug-likeness (QED) is 0.744. The normalized spacial score (nSPS) is 10.5. The lowest BCUT2D eigenvalue weighted by Gasteiger charge is -2.03. The van der Waals surface area contributed by atoms with E-state index < -0.39 is 0 Å². The third kappa shape index (κ3) is 2.55. The molecule has 0 radical (unpaired) electrons. The number of hydrogen-bond donors (Lipinski definition) is 0. The Bertz CT molecular complexity index is 559. The Labute approximate surface area is 99.5 Å². The van der Waals surface area contributed by atoms with Gasteiger partial charge < -0.3 is 0 Å². The van der Waals surface area contributed by atoms with Gasteiger partial charge in [0.2, 0.25) is 0 Å². The molecule has 0 amide bonds. The van der Waals surface area contributed by atoms with E-state index in [0.29, 0.717) is 17.7 Å². The van der Waals surface area contributed by atoms with Crippen molar-refractivity contribution in [3.63, 3.8) is 0 Å². The lowest BCUT2D eigenvalue weighted by Crippen LogP contribution is -2.09. The minimum atomic E-state index is 0.0270. The number of Topliss-reactive ketones (excluding diaryl/α,β-unsaturated/α-hetero) is 1.